The van der Waals surface area contributed by atoms with Gasteiger partial charge in [0.1, 0.15) is 0 Å². The second-order valence-electron chi connectivity index (χ2n) is 5.06. The Kier molecular flexibility index (Phi) is 6.07. The third-order valence-corrected chi connectivity index (χ3v) is 4.38. The van der Waals surface area contributed by atoms with E-state index in [2.05, 4.69) is 58.3 Å². The Labute approximate surface area is 133 Å². The lowest BCUT2D eigenvalue weighted by Gasteiger charge is -2.12. The lowest BCUT2D eigenvalue weighted by Crippen LogP contribution is -2.19. The molecule has 0 bridgehead atoms. The quantitative estimate of drug-likeness (QED) is 0.814. The van der Waals surface area contributed by atoms with Gasteiger partial charge in [0.25, 0.3) is 0 Å². The lowest BCUT2D eigenvalue weighted by molar-refractivity contribution is 0.550. The van der Waals surface area contributed by atoms with Crippen LogP contribution in [0.2, 0.25) is 0 Å². The second kappa shape index (κ2) is 7.81. The van der Waals surface area contributed by atoms with Crippen LogP contribution in [0.5, 0.6) is 0 Å². The molecule has 0 aliphatic rings. The number of pyridine rings is 1. The molecule has 0 unspecified atom stereocenters. The molecule has 0 fully saturated rings. The Balaban J connectivity index is 2.11. The summed E-state index contributed by atoms with van der Waals surface area (Å²) < 4.78 is 1.11. The molecule has 0 atom stereocenters. The van der Waals surface area contributed by atoms with Crippen LogP contribution in [0, 0.1) is 5.92 Å². The van der Waals surface area contributed by atoms with Crippen molar-refractivity contribution in [2.24, 2.45) is 5.92 Å². The van der Waals surface area contributed by atoms with Crippen molar-refractivity contribution in [2.75, 3.05) is 6.54 Å². The van der Waals surface area contributed by atoms with Crippen LogP contribution in [0.1, 0.15) is 19.4 Å². The van der Waals surface area contributed by atoms with Crippen molar-refractivity contribution in [3.8, 4) is 0 Å². The fraction of sp³-hybridized carbons (Fsp3) is 0.312. The zero-order chi connectivity index (χ0) is 14.4. The third kappa shape index (κ3) is 4.93. The van der Waals surface area contributed by atoms with Crippen molar-refractivity contribution >= 4 is 27.7 Å². The van der Waals surface area contributed by atoms with E-state index in [1.165, 1.54) is 15.4 Å². The smallest absolute Gasteiger partial charge is 0.0279 e. The van der Waals surface area contributed by atoms with E-state index in [0.29, 0.717) is 5.92 Å². The van der Waals surface area contributed by atoms with Crippen LogP contribution in [0.15, 0.2) is 57.0 Å². The van der Waals surface area contributed by atoms with Gasteiger partial charge in [0.2, 0.25) is 0 Å². The molecular weight excluding hydrogens is 332 g/mol. The molecule has 2 rings (SSSR count). The SMILES string of the molecule is CC(C)CNCc1ccc(Br)cc1Sc1ccncc1. The Morgan fingerprint density at radius 3 is 2.65 bits per heavy atom. The number of nitrogens with one attached hydrogen (secondary N) is 1. The van der Waals surface area contributed by atoms with Crippen molar-refractivity contribution in [3.63, 3.8) is 0 Å². The van der Waals surface area contributed by atoms with Crippen molar-refractivity contribution < 1.29 is 0 Å². The molecule has 106 valence electrons. The molecule has 0 aliphatic carbocycles. The molecule has 0 radical (unpaired) electrons. The number of nitrogens with zero attached hydrogens (tertiary/aromatic N) is 1. The van der Waals surface area contributed by atoms with Crippen molar-refractivity contribution in [1.82, 2.24) is 10.3 Å². The molecule has 1 heterocycles. The molecule has 0 saturated heterocycles. The first kappa shape index (κ1) is 15.5. The highest BCUT2D eigenvalue weighted by Gasteiger charge is 2.06. The highest BCUT2D eigenvalue weighted by molar-refractivity contribution is 9.10. The number of hydrogen-bond donors (Lipinski definition) is 1. The lowest BCUT2D eigenvalue weighted by atomic mass is 10.2. The molecule has 0 spiro atoms. The van der Waals surface area contributed by atoms with E-state index in [9.17, 15) is 0 Å². The van der Waals surface area contributed by atoms with Crippen LogP contribution in [0.3, 0.4) is 0 Å². The summed E-state index contributed by atoms with van der Waals surface area (Å²) in [6.07, 6.45) is 3.66. The number of benzene rings is 1. The minimum atomic E-state index is 0.668. The number of hydrogen-bond acceptors (Lipinski definition) is 3. The summed E-state index contributed by atoms with van der Waals surface area (Å²) in [6, 6.07) is 10.5. The van der Waals surface area contributed by atoms with E-state index >= 15 is 0 Å². The van der Waals surface area contributed by atoms with Crippen molar-refractivity contribution in [1.29, 1.82) is 0 Å². The van der Waals surface area contributed by atoms with Crippen LogP contribution in [0.25, 0.3) is 0 Å². The molecular formula is C16H19BrN2S. The Morgan fingerprint density at radius 2 is 1.95 bits per heavy atom. The van der Waals surface area contributed by atoms with E-state index in [4.69, 9.17) is 0 Å². The van der Waals surface area contributed by atoms with Gasteiger partial charge in [-0.3, -0.25) is 4.98 Å². The van der Waals surface area contributed by atoms with E-state index in [1.807, 2.05) is 24.5 Å². The fourth-order valence-corrected chi connectivity index (χ4v) is 3.28. The van der Waals surface area contributed by atoms with E-state index in [1.54, 1.807) is 11.8 Å². The van der Waals surface area contributed by atoms with E-state index in [0.717, 1.165) is 17.6 Å². The molecule has 2 nitrogen and oxygen atoms in total. The second-order valence-corrected chi connectivity index (χ2v) is 7.09. The summed E-state index contributed by atoms with van der Waals surface area (Å²) in [5, 5.41) is 3.51. The largest absolute Gasteiger partial charge is 0.312 e. The highest BCUT2D eigenvalue weighted by Crippen LogP contribution is 2.32. The topological polar surface area (TPSA) is 24.9 Å². The molecule has 20 heavy (non-hydrogen) atoms. The first-order chi connectivity index (χ1) is 9.65. The Morgan fingerprint density at radius 1 is 1.20 bits per heavy atom. The summed E-state index contributed by atoms with van der Waals surface area (Å²) in [7, 11) is 0. The van der Waals surface area contributed by atoms with Crippen LogP contribution in [-0.2, 0) is 6.54 Å². The van der Waals surface area contributed by atoms with Crippen LogP contribution >= 0.6 is 27.7 Å². The van der Waals surface area contributed by atoms with E-state index in [-0.39, 0.29) is 0 Å². The minimum Gasteiger partial charge on any atom is -0.312 e. The van der Waals surface area contributed by atoms with Crippen LogP contribution < -0.4 is 5.32 Å². The predicted octanol–water partition coefficient (Wildman–Crippen LogP) is 4.74. The van der Waals surface area contributed by atoms with Crippen LogP contribution in [0.4, 0.5) is 0 Å². The van der Waals surface area contributed by atoms with Gasteiger partial charge < -0.3 is 5.32 Å². The minimum absolute atomic E-state index is 0.668. The number of rotatable bonds is 6. The summed E-state index contributed by atoms with van der Waals surface area (Å²) >= 11 is 5.33. The molecule has 1 aromatic heterocycles. The molecule has 0 amide bonds. The average molecular weight is 351 g/mol. The van der Waals surface area contributed by atoms with Crippen molar-refractivity contribution in [2.45, 2.75) is 30.2 Å². The highest BCUT2D eigenvalue weighted by atomic mass is 79.9. The van der Waals surface area contributed by atoms with E-state index < -0.39 is 0 Å². The van der Waals surface area contributed by atoms with Crippen molar-refractivity contribution in [3.05, 3.63) is 52.8 Å². The first-order valence-electron chi connectivity index (χ1n) is 6.72. The number of halogens is 1. The zero-order valence-corrected chi connectivity index (χ0v) is 14.2. The fourth-order valence-electron chi connectivity index (χ4n) is 1.80. The Bertz CT molecular complexity index is 543. The number of aromatic nitrogens is 1. The summed E-state index contributed by atoms with van der Waals surface area (Å²) in [6.45, 7) is 6.39. The normalized spacial score (nSPS) is 11.0. The molecule has 2 aromatic rings. The molecule has 0 aliphatic heterocycles. The monoisotopic (exact) mass is 350 g/mol. The van der Waals surface area contributed by atoms with Gasteiger partial charge in [-0.15, -0.1) is 0 Å². The molecule has 4 heteroatoms. The average Bonchev–Trinajstić information content (AvgIpc) is 2.42. The summed E-state index contributed by atoms with van der Waals surface area (Å²) in [4.78, 5) is 6.55. The molecule has 1 aromatic carbocycles. The molecule has 1 N–H and O–H groups in total. The Hall–Kier alpha value is -0.840. The van der Waals surface area contributed by atoms with Gasteiger partial charge in [0, 0.05) is 33.2 Å². The van der Waals surface area contributed by atoms with Gasteiger partial charge in [-0.1, -0.05) is 47.6 Å². The third-order valence-electron chi connectivity index (χ3n) is 2.77. The first-order valence-corrected chi connectivity index (χ1v) is 8.33. The maximum absolute atomic E-state index is 4.06. The van der Waals surface area contributed by atoms with Gasteiger partial charge >= 0.3 is 0 Å². The van der Waals surface area contributed by atoms with Gasteiger partial charge in [0.15, 0.2) is 0 Å². The van der Waals surface area contributed by atoms with Gasteiger partial charge in [0.05, 0.1) is 0 Å². The maximum atomic E-state index is 4.06. The summed E-state index contributed by atoms with van der Waals surface area (Å²) in [5.41, 5.74) is 1.33. The summed E-state index contributed by atoms with van der Waals surface area (Å²) in [5.74, 6) is 0.668. The zero-order valence-electron chi connectivity index (χ0n) is 11.8. The molecule has 0 saturated carbocycles. The van der Waals surface area contributed by atoms with Gasteiger partial charge in [-0.25, -0.2) is 0 Å². The van der Waals surface area contributed by atoms with Gasteiger partial charge in [-0.05, 0) is 42.3 Å². The predicted molar refractivity (Wildman–Crippen MR) is 89.0 cm³/mol. The van der Waals surface area contributed by atoms with Crippen LogP contribution in [-0.4, -0.2) is 11.5 Å². The standard InChI is InChI=1S/C16H19BrN2S/c1-12(2)10-19-11-13-3-4-14(17)9-16(13)20-15-5-7-18-8-6-15/h3-9,12,19H,10-11H2,1-2H3. The maximum Gasteiger partial charge on any atom is 0.0279 e. The van der Waals surface area contributed by atoms with Gasteiger partial charge in [-0.2, -0.15) is 0 Å².